The number of anilines is 2. The minimum absolute atomic E-state index is 0.0113. The molecule has 0 saturated carbocycles. The first-order valence-corrected chi connectivity index (χ1v) is 9.54. The van der Waals surface area contributed by atoms with Gasteiger partial charge in [-0.25, -0.2) is 4.68 Å². The van der Waals surface area contributed by atoms with Crippen molar-refractivity contribution in [3.8, 4) is 11.4 Å². The van der Waals surface area contributed by atoms with Gasteiger partial charge in [-0.15, -0.1) is 0 Å². The quantitative estimate of drug-likeness (QED) is 0.671. The SMILES string of the molecule is Cc1cc(NC(=O)COc2ccc3c(c2)CCC(=O)N3)n(-c2cccc(Cl)c2)n1. The summed E-state index contributed by atoms with van der Waals surface area (Å²) in [7, 11) is 0. The molecule has 2 heterocycles. The molecule has 29 heavy (non-hydrogen) atoms. The van der Waals surface area contributed by atoms with Crippen LogP contribution < -0.4 is 15.4 Å². The maximum atomic E-state index is 12.4. The molecule has 8 heteroatoms. The molecular weight excluding hydrogens is 392 g/mol. The van der Waals surface area contributed by atoms with E-state index in [-0.39, 0.29) is 18.4 Å². The first-order valence-electron chi connectivity index (χ1n) is 9.16. The number of benzene rings is 2. The van der Waals surface area contributed by atoms with Crippen LogP contribution in [0.1, 0.15) is 17.7 Å². The van der Waals surface area contributed by atoms with Gasteiger partial charge in [0.1, 0.15) is 11.6 Å². The predicted molar refractivity (Wildman–Crippen MR) is 111 cm³/mol. The number of ether oxygens (including phenoxy) is 1. The van der Waals surface area contributed by atoms with E-state index >= 15 is 0 Å². The molecule has 1 aliphatic heterocycles. The number of hydrogen-bond donors (Lipinski definition) is 2. The van der Waals surface area contributed by atoms with Crippen molar-refractivity contribution in [1.82, 2.24) is 9.78 Å². The molecule has 4 rings (SSSR count). The average Bonchev–Trinajstić information content (AvgIpc) is 3.06. The van der Waals surface area contributed by atoms with E-state index in [1.807, 2.05) is 25.1 Å². The lowest BCUT2D eigenvalue weighted by Gasteiger charge is -2.17. The second-order valence-corrected chi connectivity index (χ2v) is 7.20. The third-order valence-corrected chi connectivity index (χ3v) is 4.73. The average molecular weight is 411 g/mol. The summed E-state index contributed by atoms with van der Waals surface area (Å²) < 4.78 is 7.25. The minimum atomic E-state index is -0.306. The fourth-order valence-electron chi connectivity index (χ4n) is 3.17. The fraction of sp³-hybridized carbons (Fsp3) is 0.190. The van der Waals surface area contributed by atoms with E-state index in [9.17, 15) is 9.59 Å². The van der Waals surface area contributed by atoms with Crippen LogP contribution in [0.4, 0.5) is 11.5 Å². The molecule has 3 aromatic rings. The third kappa shape index (κ3) is 4.41. The van der Waals surface area contributed by atoms with Gasteiger partial charge in [0.15, 0.2) is 6.61 Å². The number of amides is 2. The van der Waals surface area contributed by atoms with Gasteiger partial charge in [-0.2, -0.15) is 5.10 Å². The second kappa shape index (κ2) is 7.97. The minimum Gasteiger partial charge on any atom is -0.484 e. The Hall–Kier alpha value is -3.32. The van der Waals surface area contributed by atoms with E-state index in [2.05, 4.69) is 15.7 Å². The summed E-state index contributed by atoms with van der Waals surface area (Å²) in [5, 5.41) is 10.6. The molecule has 0 radical (unpaired) electrons. The molecule has 0 spiro atoms. The molecule has 2 N–H and O–H groups in total. The van der Waals surface area contributed by atoms with Crippen molar-refractivity contribution in [1.29, 1.82) is 0 Å². The Labute approximate surface area is 172 Å². The molecule has 0 unspecified atom stereocenters. The molecule has 0 fully saturated rings. The second-order valence-electron chi connectivity index (χ2n) is 6.77. The van der Waals surface area contributed by atoms with E-state index in [4.69, 9.17) is 16.3 Å². The predicted octanol–water partition coefficient (Wildman–Crippen LogP) is 3.74. The molecule has 148 valence electrons. The number of nitrogens with zero attached hydrogens (tertiary/aromatic N) is 2. The van der Waals surface area contributed by atoms with Gasteiger partial charge < -0.3 is 15.4 Å². The number of fused-ring (bicyclic) bond motifs is 1. The number of aromatic nitrogens is 2. The first kappa shape index (κ1) is 19.0. The van der Waals surface area contributed by atoms with Crippen LogP contribution in [-0.4, -0.2) is 28.2 Å². The maximum Gasteiger partial charge on any atom is 0.263 e. The van der Waals surface area contributed by atoms with Gasteiger partial charge in [0.2, 0.25) is 5.91 Å². The third-order valence-electron chi connectivity index (χ3n) is 4.49. The number of halogens is 1. The van der Waals surface area contributed by atoms with E-state index < -0.39 is 0 Å². The summed E-state index contributed by atoms with van der Waals surface area (Å²) in [5.74, 6) is 0.817. The lowest BCUT2D eigenvalue weighted by atomic mass is 10.0. The summed E-state index contributed by atoms with van der Waals surface area (Å²) in [6, 6.07) is 14.4. The van der Waals surface area contributed by atoms with Crippen LogP contribution in [0.5, 0.6) is 5.75 Å². The van der Waals surface area contributed by atoms with Gasteiger partial charge in [0.05, 0.1) is 11.4 Å². The van der Waals surface area contributed by atoms with Gasteiger partial charge in [-0.3, -0.25) is 9.59 Å². The van der Waals surface area contributed by atoms with Gasteiger partial charge >= 0.3 is 0 Å². The Kier molecular flexibility index (Phi) is 5.22. The Balaban J connectivity index is 1.43. The van der Waals surface area contributed by atoms with Crippen LogP contribution in [0.2, 0.25) is 5.02 Å². The molecule has 0 saturated heterocycles. The number of rotatable bonds is 5. The molecule has 1 aromatic heterocycles. The Bertz CT molecular complexity index is 1090. The van der Waals surface area contributed by atoms with Gasteiger partial charge in [-0.05, 0) is 55.3 Å². The van der Waals surface area contributed by atoms with Crippen LogP contribution in [0.3, 0.4) is 0 Å². The number of nitrogens with one attached hydrogen (secondary N) is 2. The topological polar surface area (TPSA) is 85.2 Å². The summed E-state index contributed by atoms with van der Waals surface area (Å²) >= 11 is 6.06. The summed E-state index contributed by atoms with van der Waals surface area (Å²) in [6.07, 6.45) is 1.10. The van der Waals surface area contributed by atoms with E-state index in [1.54, 1.807) is 35.0 Å². The van der Waals surface area contributed by atoms with Gasteiger partial charge in [-0.1, -0.05) is 17.7 Å². The van der Waals surface area contributed by atoms with Gasteiger partial charge in [0, 0.05) is 23.2 Å². The highest BCUT2D eigenvalue weighted by Crippen LogP contribution is 2.27. The van der Waals surface area contributed by atoms with Crippen molar-refractivity contribution in [2.24, 2.45) is 0 Å². The maximum absolute atomic E-state index is 12.4. The molecule has 0 atom stereocenters. The molecule has 0 bridgehead atoms. The van der Waals surface area contributed by atoms with Crippen LogP contribution in [-0.2, 0) is 16.0 Å². The summed E-state index contributed by atoms with van der Waals surface area (Å²) in [6.45, 7) is 1.70. The highest BCUT2D eigenvalue weighted by molar-refractivity contribution is 6.30. The van der Waals surface area contributed by atoms with Crippen LogP contribution in [0, 0.1) is 6.92 Å². The van der Waals surface area contributed by atoms with E-state index in [1.165, 1.54) is 0 Å². The monoisotopic (exact) mass is 410 g/mol. The van der Waals surface area contributed by atoms with Crippen molar-refractivity contribution >= 4 is 34.9 Å². The first-order chi connectivity index (χ1) is 14.0. The molecule has 2 aromatic carbocycles. The molecule has 7 nitrogen and oxygen atoms in total. The lowest BCUT2D eigenvalue weighted by molar-refractivity contribution is -0.118. The molecular formula is C21H19ClN4O3. The van der Waals surface area contributed by atoms with Crippen molar-refractivity contribution < 1.29 is 14.3 Å². The largest absolute Gasteiger partial charge is 0.484 e. The molecule has 2 amide bonds. The molecule has 1 aliphatic rings. The summed E-state index contributed by atoms with van der Waals surface area (Å²) in [4.78, 5) is 23.9. The fourth-order valence-corrected chi connectivity index (χ4v) is 3.36. The highest BCUT2D eigenvalue weighted by atomic mass is 35.5. The highest BCUT2D eigenvalue weighted by Gasteiger charge is 2.16. The Morgan fingerprint density at radius 1 is 1.24 bits per heavy atom. The Morgan fingerprint density at radius 3 is 2.93 bits per heavy atom. The van der Waals surface area contributed by atoms with Crippen molar-refractivity contribution in [3.63, 3.8) is 0 Å². The number of hydrogen-bond acceptors (Lipinski definition) is 4. The zero-order valence-corrected chi connectivity index (χ0v) is 16.5. The molecule has 0 aliphatic carbocycles. The van der Waals surface area contributed by atoms with Crippen LogP contribution in [0.15, 0.2) is 48.5 Å². The smallest absolute Gasteiger partial charge is 0.263 e. The number of carbonyl (C=O) groups excluding carboxylic acids is 2. The summed E-state index contributed by atoms with van der Waals surface area (Å²) in [5.41, 5.74) is 3.30. The lowest BCUT2D eigenvalue weighted by Crippen LogP contribution is -2.22. The Morgan fingerprint density at radius 2 is 2.10 bits per heavy atom. The standard InChI is InChI=1S/C21H19ClN4O3/c1-13-9-19(26(25-13)16-4-2-3-15(22)11-16)24-21(28)12-29-17-6-7-18-14(10-17)5-8-20(27)23-18/h2-4,6-7,9-11H,5,8,12H2,1H3,(H,23,27)(H,24,28). The number of carbonyl (C=O) groups is 2. The van der Waals surface area contributed by atoms with Gasteiger partial charge in [0.25, 0.3) is 5.91 Å². The van der Waals surface area contributed by atoms with Crippen LogP contribution in [0.25, 0.3) is 5.69 Å². The van der Waals surface area contributed by atoms with Crippen molar-refractivity contribution in [3.05, 3.63) is 64.8 Å². The van der Waals surface area contributed by atoms with E-state index in [0.717, 1.165) is 22.6 Å². The zero-order valence-electron chi connectivity index (χ0n) is 15.7. The number of aryl methyl sites for hydroxylation is 2. The van der Waals surface area contributed by atoms with Crippen molar-refractivity contribution in [2.75, 3.05) is 17.2 Å². The van der Waals surface area contributed by atoms with Crippen LogP contribution >= 0.6 is 11.6 Å². The van der Waals surface area contributed by atoms with E-state index in [0.29, 0.717) is 29.4 Å². The van der Waals surface area contributed by atoms with Crippen molar-refractivity contribution in [2.45, 2.75) is 19.8 Å². The normalized spacial score (nSPS) is 12.8. The zero-order chi connectivity index (χ0) is 20.4.